The van der Waals surface area contributed by atoms with Crippen molar-refractivity contribution >= 4 is 11.5 Å². The second-order valence-corrected chi connectivity index (χ2v) is 4.66. The molecule has 0 bridgehead atoms. The van der Waals surface area contributed by atoms with Crippen molar-refractivity contribution in [1.29, 1.82) is 0 Å². The molecule has 2 atom stereocenters. The lowest BCUT2D eigenvalue weighted by Crippen LogP contribution is -2.05. The molecule has 2 aromatic rings. The highest BCUT2D eigenvalue weighted by Gasteiger charge is 2.38. The van der Waals surface area contributed by atoms with Crippen LogP contribution in [0.15, 0.2) is 48.7 Å². The maximum Gasteiger partial charge on any atom is 0.287 e. The molecule has 1 N–H and O–H groups in total. The lowest BCUT2D eigenvalue weighted by Gasteiger charge is -2.04. The molecule has 0 amide bonds. The molecular weight excluding hydrogens is 242 g/mol. The van der Waals surface area contributed by atoms with Crippen LogP contribution in [-0.4, -0.2) is 15.9 Å². The number of rotatable bonds is 4. The van der Waals surface area contributed by atoms with Gasteiger partial charge in [-0.3, -0.25) is 10.1 Å². The lowest BCUT2D eigenvalue weighted by molar-refractivity contribution is -0.385. The first-order valence-corrected chi connectivity index (χ1v) is 6.16. The predicted octanol–water partition coefficient (Wildman–Crippen LogP) is 2.96. The lowest BCUT2D eigenvalue weighted by atomic mass is 10.1. The van der Waals surface area contributed by atoms with Gasteiger partial charge in [0, 0.05) is 18.0 Å². The Morgan fingerprint density at radius 1 is 1.21 bits per heavy atom. The standard InChI is InChI=1S/C14H13N3O2/c18-17(19)11-6-7-14(15-9-11)16-13-8-12(13)10-4-2-1-3-5-10/h1-7,9,12-13H,8H2,(H,15,16). The number of nitro groups is 1. The quantitative estimate of drug-likeness (QED) is 0.673. The van der Waals surface area contributed by atoms with Gasteiger partial charge in [-0.15, -0.1) is 0 Å². The van der Waals surface area contributed by atoms with Crippen molar-refractivity contribution in [2.45, 2.75) is 18.4 Å². The zero-order chi connectivity index (χ0) is 13.2. The average molecular weight is 255 g/mol. The van der Waals surface area contributed by atoms with Crippen LogP contribution in [0.3, 0.4) is 0 Å². The zero-order valence-corrected chi connectivity index (χ0v) is 10.2. The van der Waals surface area contributed by atoms with Gasteiger partial charge in [-0.2, -0.15) is 0 Å². The van der Waals surface area contributed by atoms with E-state index in [1.807, 2.05) is 18.2 Å². The van der Waals surface area contributed by atoms with Gasteiger partial charge >= 0.3 is 0 Å². The Hall–Kier alpha value is -2.43. The van der Waals surface area contributed by atoms with E-state index in [1.54, 1.807) is 6.07 Å². The van der Waals surface area contributed by atoms with Gasteiger partial charge in [0.25, 0.3) is 5.69 Å². The summed E-state index contributed by atoms with van der Waals surface area (Å²) in [7, 11) is 0. The Kier molecular flexibility index (Phi) is 2.87. The van der Waals surface area contributed by atoms with Crippen molar-refractivity contribution < 1.29 is 4.92 Å². The average Bonchev–Trinajstić information content (AvgIpc) is 3.20. The molecule has 0 radical (unpaired) electrons. The molecule has 0 spiro atoms. The molecule has 0 aliphatic heterocycles. The zero-order valence-electron chi connectivity index (χ0n) is 10.2. The van der Waals surface area contributed by atoms with E-state index in [0.29, 0.717) is 17.8 Å². The number of anilines is 1. The van der Waals surface area contributed by atoms with Crippen LogP contribution in [0.2, 0.25) is 0 Å². The molecule has 2 unspecified atom stereocenters. The van der Waals surface area contributed by atoms with E-state index >= 15 is 0 Å². The smallest absolute Gasteiger partial charge is 0.287 e. The van der Waals surface area contributed by atoms with E-state index < -0.39 is 4.92 Å². The number of aromatic nitrogens is 1. The minimum absolute atomic E-state index is 0.0148. The van der Waals surface area contributed by atoms with Crippen LogP contribution in [-0.2, 0) is 0 Å². The van der Waals surface area contributed by atoms with E-state index in [4.69, 9.17) is 0 Å². The van der Waals surface area contributed by atoms with Gasteiger partial charge in [0.05, 0.1) is 4.92 Å². The molecule has 1 aliphatic rings. The van der Waals surface area contributed by atoms with Crippen LogP contribution >= 0.6 is 0 Å². The fourth-order valence-corrected chi connectivity index (χ4v) is 2.19. The molecule has 1 saturated carbocycles. The van der Waals surface area contributed by atoms with E-state index in [-0.39, 0.29) is 5.69 Å². The topological polar surface area (TPSA) is 68.1 Å². The number of nitrogens with zero attached hydrogens (tertiary/aromatic N) is 2. The summed E-state index contributed by atoms with van der Waals surface area (Å²) in [6.07, 6.45) is 2.35. The molecule has 1 fully saturated rings. The third-order valence-electron chi connectivity index (χ3n) is 3.31. The molecule has 3 rings (SSSR count). The van der Waals surface area contributed by atoms with Gasteiger partial charge in [-0.05, 0) is 18.1 Å². The van der Waals surface area contributed by atoms with Gasteiger partial charge in [0.15, 0.2) is 0 Å². The maximum atomic E-state index is 10.5. The van der Waals surface area contributed by atoms with Gasteiger partial charge in [-0.25, -0.2) is 4.98 Å². The third-order valence-corrected chi connectivity index (χ3v) is 3.31. The normalized spacial score (nSPS) is 20.8. The van der Waals surface area contributed by atoms with Crippen LogP contribution in [0.1, 0.15) is 17.9 Å². The Morgan fingerprint density at radius 3 is 2.63 bits per heavy atom. The van der Waals surface area contributed by atoms with E-state index in [9.17, 15) is 10.1 Å². The molecule has 1 aliphatic carbocycles. The second-order valence-electron chi connectivity index (χ2n) is 4.66. The summed E-state index contributed by atoms with van der Waals surface area (Å²) in [6.45, 7) is 0. The largest absolute Gasteiger partial charge is 0.367 e. The first-order chi connectivity index (χ1) is 9.24. The summed E-state index contributed by atoms with van der Waals surface area (Å²) in [5, 5.41) is 13.8. The van der Waals surface area contributed by atoms with Gasteiger partial charge < -0.3 is 5.32 Å². The van der Waals surface area contributed by atoms with Crippen LogP contribution in [0.5, 0.6) is 0 Å². The summed E-state index contributed by atoms with van der Waals surface area (Å²) < 4.78 is 0. The number of hydrogen-bond donors (Lipinski definition) is 1. The molecule has 5 nitrogen and oxygen atoms in total. The van der Waals surface area contributed by atoms with Crippen molar-refractivity contribution in [3.63, 3.8) is 0 Å². The van der Waals surface area contributed by atoms with Crippen LogP contribution in [0.25, 0.3) is 0 Å². The summed E-state index contributed by atoms with van der Waals surface area (Å²) in [4.78, 5) is 14.1. The summed E-state index contributed by atoms with van der Waals surface area (Å²) in [6, 6.07) is 13.8. The number of benzene rings is 1. The van der Waals surface area contributed by atoms with Crippen molar-refractivity contribution in [3.05, 3.63) is 64.3 Å². The fourth-order valence-electron chi connectivity index (χ4n) is 2.19. The van der Waals surface area contributed by atoms with Crippen molar-refractivity contribution in [2.24, 2.45) is 0 Å². The highest BCUT2D eigenvalue weighted by atomic mass is 16.6. The van der Waals surface area contributed by atoms with Gasteiger partial charge in [-0.1, -0.05) is 30.3 Å². The minimum Gasteiger partial charge on any atom is -0.367 e. The molecule has 1 heterocycles. The molecule has 0 saturated heterocycles. The number of nitrogens with one attached hydrogen (secondary N) is 1. The highest BCUT2D eigenvalue weighted by molar-refractivity contribution is 5.44. The Labute approximate surface area is 110 Å². The van der Waals surface area contributed by atoms with Crippen LogP contribution in [0.4, 0.5) is 11.5 Å². The predicted molar refractivity (Wildman–Crippen MR) is 72.1 cm³/mol. The SMILES string of the molecule is O=[N+]([O-])c1ccc(NC2CC2c2ccccc2)nc1. The molecule has 5 heteroatoms. The Morgan fingerprint density at radius 2 is 2.00 bits per heavy atom. The monoisotopic (exact) mass is 255 g/mol. The maximum absolute atomic E-state index is 10.5. The molecule has 1 aromatic carbocycles. The summed E-state index contributed by atoms with van der Waals surface area (Å²) >= 11 is 0. The van der Waals surface area contributed by atoms with Crippen molar-refractivity contribution in [1.82, 2.24) is 4.98 Å². The number of pyridine rings is 1. The molecule has 96 valence electrons. The van der Waals surface area contributed by atoms with Gasteiger partial charge in [0.1, 0.15) is 12.0 Å². The first-order valence-electron chi connectivity index (χ1n) is 6.16. The van der Waals surface area contributed by atoms with Crippen molar-refractivity contribution in [3.8, 4) is 0 Å². The first kappa shape index (κ1) is 11.6. The fraction of sp³-hybridized carbons (Fsp3) is 0.214. The Bertz CT molecular complexity index is 583. The van der Waals surface area contributed by atoms with Crippen LogP contribution in [0, 0.1) is 10.1 Å². The molecule has 1 aromatic heterocycles. The highest BCUT2D eigenvalue weighted by Crippen LogP contribution is 2.42. The number of hydrogen-bond acceptors (Lipinski definition) is 4. The van der Waals surface area contributed by atoms with E-state index in [0.717, 1.165) is 6.42 Å². The molecular formula is C14H13N3O2. The third kappa shape index (κ3) is 2.54. The van der Waals surface area contributed by atoms with E-state index in [2.05, 4.69) is 22.4 Å². The van der Waals surface area contributed by atoms with Gasteiger partial charge in [0.2, 0.25) is 0 Å². The second kappa shape index (κ2) is 4.68. The minimum atomic E-state index is -0.444. The molecule has 19 heavy (non-hydrogen) atoms. The van der Waals surface area contributed by atoms with Crippen LogP contribution < -0.4 is 5.32 Å². The van der Waals surface area contributed by atoms with E-state index in [1.165, 1.54) is 17.8 Å². The summed E-state index contributed by atoms with van der Waals surface area (Å²) in [5.74, 6) is 1.20. The Balaban J connectivity index is 1.63. The summed E-state index contributed by atoms with van der Waals surface area (Å²) in [5.41, 5.74) is 1.34. The van der Waals surface area contributed by atoms with Crippen molar-refractivity contribution in [2.75, 3.05) is 5.32 Å².